The standard InChI is InChI=1S/C17H22N2O2S2/c1-2-22-17-18-15-14(12-7-3-4-8-13(12)23-15)16(20)19(17)10-11-6-5-9-21-11/h11H,2-10H2,1H3/t11-/m1/s1. The number of nitrogens with zero attached hydrogens (tertiary/aromatic N) is 2. The first-order chi connectivity index (χ1) is 11.3. The Labute approximate surface area is 144 Å². The third-order valence-corrected chi connectivity index (χ3v) is 6.77. The van der Waals surface area contributed by atoms with Crippen LogP contribution in [0, 0.1) is 0 Å². The Kier molecular flexibility index (Phi) is 4.48. The number of fused-ring (bicyclic) bond motifs is 3. The fourth-order valence-corrected chi connectivity index (χ4v) is 5.65. The number of ether oxygens (including phenoxy) is 1. The zero-order chi connectivity index (χ0) is 15.8. The van der Waals surface area contributed by atoms with Gasteiger partial charge >= 0.3 is 0 Å². The Balaban J connectivity index is 1.85. The molecule has 0 saturated carbocycles. The molecule has 124 valence electrons. The molecule has 1 atom stereocenters. The molecule has 2 aromatic heterocycles. The van der Waals surface area contributed by atoms with Gasteiger partial charge in [0.25, 0.3) is 5.56 Å². The molecule has 0 amide bonds. The van der Waals surface area contributed by atoms with Crippen molar-refractivity contribution in [3.05, 3.63) is 20.8 Å². The second-order valence-electron chi connectivity index (χ2n) is 6.27. The van der Waals surface area contributed by atoms with Crippen molar-refractivity contribution in [1.29, 1.82) is 0 Å². The molecule has 4 nitrogen and oxygen atoms in total. The van der Waals surface area contributed by atoms with Gasteiger partial charge < -0.3 is 4.74 Å². The monoisotopic (exact) mass is 350 g/mol. The van der Waals surface area contributed by atoms with Crippen LogP contribution in [0.4, 0.5) is 0 Å². The molecule has 2 aromatic rings. The minimum absolute atomic E-state index is 0.154. The van der Waals surface area contributed by atoms with Gasteiger partial charge in [0, 0.05) is 11.5 Å². The van der Waals surface area contributed by atoms with Gasteiger partial charge in [0.15, 0.2) is 5.16 Å². The summed E-state index contributed by atoms with van der Waals surface area (Å²) in [5.41, 5.74) is 1.43. The van der Waals surface area contributed by atoms with E-state index in [4.69, 9.17) is 9.72 Å². The highest BCUT2D eigenvalue weighted by Gasteiger charge is 2.24. The van der Waals surface area contributed by atoms with Crippen molar-refractivity contribution in [2.75, 3.05) is 12.4 Å². The quantitative estimate of drug-likeness (QED) is 0.624. The maximum Gasteiger partial charge on any atom is 0.263 e. The molecule has 0 aromatic carbocycles. The zero-order valence-corrected chi connectivity index (χ0v) is 15.1. The van der Waals surface area contributed by atoms with E-state index in [0.29, 0.717) is 6.54 Å². The summed E-state index contributed by atoms with van der Waals surface area (Å²) in [6, 6.07) is 0. The zero-order valence-electron chi connectivity index (χ0n) is 13.5. The van der Waals surface area contributed by atoms with Gasteiger partial charge in [0.2, 0.25) is 0 Å². The molecule has 0 N–H and O–H groups in total. The lowest BCUT2D eigenvalue weighted by Crippen LogP contribution is -2.29. The normalized spacial score (nSPS) is 21.0. The number of rotatable bonds is 4. The van der Waals surface area contributed by atoms with E-state index in [0.717, 1.165) is 53.4 Å². The predicted molar refractivity (Wildman–Crippen MR) is 95.9 cm³/mol. The molecule has 6 heteroatoms. The second-order valence-corrected chi connectivity index (χ2v) is 8.58. The first-order valence-corrected chi connectivity index (χ1v) is 10.4. The fourth-order valence-electron chi connectivity index (χ4n) is 3.61. The molecule has 1 aliphatic heterocycles. The summed E-state index contributed by atoms with van der Waals surface area (Å²) in [6.45, 7) is 3.57. The molecule has 0 unspecified atom stereocenters. The van der Waals surface area contributed by atoms with Crippen molar-refractivity contribution < 1.29 is 4.74 Å². The van der Waals surface area contributed by atoms with E-state index in [1.807, 2.05) is 4.57 Å². The molecule has 1 saturated heterocycles. The number of thioether (sulfide) groups is 1. The highest BCUT2D eigenvalue weighted by molar-refractivity contribution is 7.99. The molecule has 0 spiro atoms. The molecule has 23 heavy (non-hydrogen) atoms. The molecular weight excluding hydrogens is 328 g/mol. The summed E-state index contributed by atoms with van der Waals surface area (Å²) in [5.74, 6) is 0.925. The van der Waals surface area contributed by atoms with E-state index < -0.39 is 0 Å². The van der Waals surface area contributed by atoms with E-state index in [1.165, 1.54) is 23.3 Å². The number of hydrogen-bond acceptors (Lipinski definition) is 5. The molecular formula is C17H22N2O2S2. The Morgan fingerprint density at radius 2 is 2.22 bits per heavy atom. The van der Waals surface area contributed by atoms with Gasteiger partial charge in [0.1, 0.15) is 4.83 Å². The fraction of sp³-hybridized carbons (Fsp3) is 0.647. The Bertz CT molecular complexity index is 775. The van der Waals surface area contributed by atoms with Gasteiger partial charge in [-0.05, 0) is 49.8 Å². The maximum absolute atomic E-state index is 13.2. The summed E-state index contributed by atoms with van der Waals surface area (Å²) < 4.78 is 7.64. The van der Waals surface area contributed by atoms with Crippen molar-refractivity contribution in [1.82, 2.24) is 9.55 Å². The minimum atomic E-state index is 0.154. The van der Waals surface area contributed by atoms with Gasteiger partial charge in [-0.2, -0.15) is 0 Å². The van der Waals surface area contributed by atoms with Gasteiger partial charge in [-0.3, -0.25) is 9.36 Å². The highest BCUT2D eigenvalue weighted by Crippen LogP contribution is 2.34. The number of aryl methyl sites for hydroxylation is 2. The van der Waals surface area contributed by atoms with Gasteiger partial charge in [-0.1, -0.05) is 18.7 Å². The first kappa shape index (κ1) is 15.7. The molecule has 2 aliphatic rings. The Morgan fingerprint density at radius 3 is 3.00 bits per heavy atom. The van der Waals surface area contributed by atoms with E-state index in [2.05, 4.69) is 6.92 Å². The Hall–Kier alpha value is -0.850. The average Bonchev–Trinajstić information content (AvgIpc) is 3.18. The van der Waals surface area contributed by atoms with Crippen LogP contribution in [0.25, 0.3) is 10.2 Å². The van der Waals surface area contributed by atoms with E-state index in [9.17, 15) is 4.79 Å². The lowest BCUT2D eigenvalue weighted by Gasteiger charge is -2.16. The summed E-state index contributed by atoms with van der Waals surface area (Å²) in [5, 5.41) is 1.75. The van der Waals surface area contributed by atoms with Crippen molar-refractivity contribution in [3.63, 3.8) is 0 Å². The van der Waals surface area contributed by atoms with E-state index in [1.54, 1.807) is 23.1 Å². The summed E-state index contributed by atoms with van der Waals surface area (Å²) in [7, 11) is 0. The third-order valence-electron chi connectivity index (χ3n) is 4.72. The Morgan fingerprint density at radius 1 is 1.35 bits per heavy atom. The number of thiophene rings is 1. The number of hydrogen-bond donors (Lipinski definition) is 0. The molecule has 1 aliphatic carbocycles. The average molecular weight is 351 g/mol. The van der Waals surface area contributed by atoms with Crippen LogP contribution >= 0.6 is 23.1 Å². The largest absolute Gasteiger partial charge is 0.376 e. The van der Waals surface area contributed by atoms with Crippen LogP contribution in [0.2, 0.25) is 0 Å². The summed E-state index contributed by atoms with van der Waals surface area (Å²) in [6.07, 6.45) is 6.87. The predicted octanol–water partition coefficient (Wildman–Crippen LogP) is 3.63. The topological polar surface area (TPSA) is 44.1 Å². The lowest BCUT2D eigenvalue weighted by atomic mass is 9.97. The van der Waals surface area contributed by atoms with Crippen LogP contribution in [0.15, 0.2) is 9.95 Å². The second kappa shape index (κ2) is 6.57. The molecule has 3 heterocycles. The third kappa shape index (κ3) is 2.85. The van der Waals surface area contributed by atoms with Gasteiger partial charge in [-0.15, -0.1) is 11.3 Å². The molecule has 1 fully saturated rings. The first-order valence-electron chi connectivity index (χ1n) is 8.57. The van der Waals surface area contributed by atoms with Crippen LogP contribution in [0.1, 0.15) is 43.0 Å². The highest BCUT2D eigenvalue weighted by atomic mass is 32.2. The van der Waals surface area contributed by atoms with Crippen LogP contribution in [-0.2, 0) is 24.1 Å². The minimum Gasteiger partial charge on any atom is -0.376 e. The van der Waals surface area contributed by atoms with Gasteiger partial charge in [0.05, 0.1) is 18.0 Å². The van der Waals surface area contributed by atoms with Crippen LogP contribution in [0.3, 0.4) is 0 Å². The maximum atomic E-state index is 13.2. The lowest BCUT2D eigenvalue weighted by molar-refractivity contribution is 0.0937. The van der Waals surface area contributed by atoms with E-state index >= 15 is 0 Å². The molecule has 0 bridgehead atoms. The van der Waals surface area contributed by atoms with Crippen molar-refractivity contribution >= 4 is 33.3 Å². The molecule has 0 radical (unpaired) electrons. The van der Waals surface area contributed by atoms with Crippen molar-refractivity contribution in [3.8, 4) is 0 Å². The van der Waals surface area contributed by atoms with Crippen LogP contribution < -0.4 is 5.56 Å². The number of aromatic nitrogens is 2. The summed E-state index contributed by atoms with van der Waals surface area (Å²) in [4.78, 5) is 20.4. The van der Waals surface area contributed by atoms with Crippen LogP contribution in [0.5, 0.6) is 0 Å². The smallest absolute Gasteiger partial charge is 0.263 e. The van der Waals surface area contributed by atoms with Crippen LogP contribution in [-0.4, -0.2) is 28.0 Å². The van der Waals surface area contributed by atoms with E-state index in [-0.39, 0.29) is 11.7 Å². The van der Waals surface area contributed by atoms with Gasteiger partial charge in [-0.25, -0.2) is 4.98 Å². The summed E-state index contributed by atoms with van der Waals surface area (Å²) >= 11 is 3.40. The SMILES string of the molecule is CCSc1nc2sc3c(c2c(=O)n1C[C@H]1CCCO1)CCCC3. The van der Waals surface area contributed by atoms with Crippen molar-refractivity contribution in [2.45, 2.75) is 63.3 Å². The molecule has 4 rings (SSSR count). The van der Waals surface area contributed by atoms with Crippen molar-refractivity contribution in [2.24, 2.45) is 0 Å².